The van der Waals surface area contributed by atoms with Crippen LogP contribution in [0.1, 0.15) is 52.4 Å². The van der Waals surface area contributed by atoms with Crippen molar-refractivity contribution in [1.29, 1.82) is 0 Å². The van der Waals surface area contributed by atoms with Gasteiger partial charge in [0.1, 0.15) is 6.04 Å². The van der Waals surface area contributed by atoms with Crippen LogP contribution >= 0.6 is 0 Å². The van der Waals surface area contributed by atoms with E-state index in [1.54, 1.807) is 13.8 Å². The van der Waals surface area contributed by atoms with Gasteiger partial charge in [0.2, 0.25) is 5.91 Å². The van der Waals surface area contributed by atoms with Gasteiger partial charge in [-0.2, -0.15) is 0 Å². The number of aliphatic carboxylic acids is 1. The second-order valence-electron chi connectivity index (χ2n) is 5.72. The number of esters is 1. The van der Waals surface area contributed by atoms with Crippen LogP contribution in [-0.4, -0.2) is 35.6 Å². The number of amides is 1. The van der Waals surface area contributed by atoms with E-state index in [4.69, 9.17) is 4.74 Å². The summed E-state index contributed by atoms with van der Waals surface area (Å²) in [5.41, 5.74) is 0. The molecule has 0 aromatic carbocycles. The van der Waals surface area contributed by atoms with Gasteiger partial charge in [0.05, 0.1) is 13.0 Å². The van der Waals surface area contributed by atoms with E-state index >= 15 is 0 Å². The molecule has 1 aliphatic rings. The topological polar surface area (TPSA) is 92.7 Å². The molecule has 120 valence electrons. The lowest BCUT2D eigenvalue weighted by atomic mass is 9.97. The van der Waals surface area contributed by atoms with Crippen LogP contribution in [0.15, 0.2) is 0 Å². The smallest absolute Gasteiger partial charge is 0.326 e. The lowest BCUT2D eigenvalue weighted by molar-refractivity contribution is -0.147. The van der Waals surface area contributed by atoms with Gasteiger partial charge in [-0.3, -0.25) is 9.59 Å². The summed E-state index contributed by atoms with van der Waals surface area (Å²) >= 11 is 0. The molecule has 1 amide bonds. The number of carbonyl (C=O) groups is 3. The fourth-order valence-electron chi connectivity index (χ4n) is 2.76. The largest absolute Gasteiger partial charge is 0.480 e. The number of carboxylic acids is 1. The van der Waals surface area contributed by atoms with E-state index < -0.39 is 23.9 Å². The molecule has 2 atom stereocenters. The Bertz CT molecular complexity index is 376. The molecule has 0 aliphatic heterocycles. The summed E-state index contributed by atoms with van der Waals surface area (Å²) < 4.78 is 4.81. The van der Waals surface area contributed by atoms with E-state index in [0.29, 0.717) is 12.3 Å². The monoisotopic (exact) mass is 299 g/mol. The first-order chi connectivity index (χ1) is 9.93. The summed E-state index contributed by atoms with van der Waals surface area (Å²) in [5, 5.41) is 11.8. The highest BCUT2D eigenvalue weighted by molar-refractivity contribution is 5.84. The first kappa shape index (κ1) is 17.5. The second-order valence-corrected chi connectivity index (χ2v) is 5.72. The number of ether oxygens (including phenoxy) is 1. The molecule has 0 radical (unpaired) electrons. The maximum absolute atomic E-state index is 11.9. The van der Waals surface area contributed by atoms with Gasteiger partial charge in [0.25, 0.3) is 0 Å². The van der Waals surface area contributed by atoms with Crippen molar-refractivity contribution < 1.29 is 24.2 Å². The Morgan fingerprint density at radius 2 is 1.90 bits per heavy atom. The highest BCUT2D eigenvalue weighted by Gasteiger charge is 2.29. The molecule has 1 aliphatic carbocycles. The molecule has 1 fully saturated rings. The summed E-state index contributed by atoms with van der Waals surface area (Å²) in [7, 11) is 0. The number of carbonyl (C=O) groups excluding carboxylic acids is 2. The Balaban J connectivity index is 2.49. The molecule has 0 heterocycles. The van der Waals surface area contributed by atoms with Crippen molar-refractivity contribution in [3.63, 3.8) is 0 Å². The Hall–Kier alpha value is -1.59. The summed E-state index contributed by atoms with van der Waals surface area (Å²) in [6, 6.07) is -1.05. The Morgan fingerprint density at radius 1 is 1.29 bits per heavy atom. The van der Waals surface area contributed by atoms with Crippen molar-refractivity contribution in [3.05, 3.63) is 0 Å². The summed E-state index contributed by atoms with van der Waals surface area (Å²) in [6.07, 6.45) is 4.69. The van der Waals surface area contributed by atoms with Crippen molar-refractivity contribution in [2.24, 2.45) is 11.8 Å². The highest BCUT2D eigenvalue weighted by Crippen LogP contribution is 2.27. The number of carboxylic acid groups (broad SMARTS) is 1. The van der Waals surface area contributed by atoms with Crippen molar-refractivity contribution >= 4 is 17.8 Å². The zero-order valence-corrected chi connectivity index (χ0v) is 12.8. The third-order valence-electron chi connectivity index (χ3n) is 3.89. The van der Waals surface area contributed by atoms with E-state index in [1.807, 2.05) is 0 Å². The molecular weight excluding hydrogens is 274 g/mol. The minimum absolute atomic E-state index is 0.0193. The van der Waals surface area contributed by atoms with Crippen LogP contribution in [0.25, 0.3) is 0 Å². The SMILES string of the molecule is CCOC(=O)C[C@@H](C)[C@@H](NC(=O)CC1CCCC1)C(=O)O. The molecule has 0 spiro atoms. The molecule has 0 saturated heterocycles. The first-order valence-corrected chi connectivity index (χ1v) is 7.61. The van der Waals surface area contributed by atoms with Gasteiger partial charge in [-0.15, -0.1) is 0 Å². The van der Waals surface area contributed by atoms with Crippen LogP contribution in [-0.2, 0) is 19.1 Å². The van der Waals surface area contributed by atoms with Crippen LogP contribution in [0.2, 0.25) is 0 Å². The normalized spacial score (nSPS) is 18.0. The molecule has 0 aromatic heterocycles. The van der Waals surface area contributed by atoms with E-state index in [9.17, 15) is 19.5 Å². The number of hydrogen-bond donors (Lipinski definition) is 2. The minimum atomic E-state index is -1.12. The molecule has 6 nitrogen and oxygen atoms in total. The van der Waals surface area contributed by atoms with Crippen LogP contribution in [0.3, 0.4) is 0 Å². The van der Waals surface area contributed by atoms with Crippen LogP contribution < -0.4 is 5.32 Å². The fraction of sp³-hybridized carbons (Fsp3) is 0.800. The molecule has 6 heteroatoms. The van der Waals surface area contributed by atoms with E-state index in [2.05, 4.69) is 5.32 Å². The van der Waals surface area contributed by atoms with Crippen molar-refractivity contribution in [3.8, 4) is 0 Å². The second kappa shape index (κ2) is 8.64. The standard InChI is InChI=1S/C15H25NO5/c1-3-21-13(18)8-10(2)14(15(19)20)16-12(17)9-11-6-4-5-7-11/h10-11,14H,3-9H2,1-2H3,(H,16,17)(H,19,20)/t10-,14-/m1/s1. The van der Waals surface area contributed by atoms with Gasteiger partial charge < -0.3 is 15.2 Å². The predicted molar refractivity (Wildman–Crippen MR) is 76.6 cm³/mol. The van der Waals surface area contributed by atoms with Gasteiger partial charge in [0, 0.05) is 6.42 Å². The maximum atomic E-state index is 11.9. The van der Waals surface area contributed by atoms with Gasteiger partial charge >= 0.3 is 11.9 Å². The molecule has 1 saturated carbocycles. The van der Waals surface area contributed by atoms with Gasteiger partial charge in [-0.25, -0.2) is 4.79 Å². The maximum Gasteiger partial charge on any atom is 0.326 e. The van der Waals surface area contributed by atoms with Crippen molar-refractivity contribution in [2.45, 2.75) is 58.4 Å². The molecule has 0 aromatic rings. The zero-order chi connectivity index (χ0) is 15.8. The summed E-state index contributed by atoms with van der Waals surface area (Å²) in [6.45, 7) is 3.59. The number of nitrogens with one attached hydrogen (secondary N) is 1. The van der Waals surface area contributed by atoms with E-state index in [0.717, 1.165) is 25.7 Å². The molecule has 1 rings (SSSR count). The summed E-state index contributed by atoms with van der Waals surface area (Å²) in [5.74, 6) is -1.95. The number of rotatable bonds is 8. The molecule has 2 N–H and O–H groups in total. The third kappa shape index (κ3) is 6.14. The molecular formula is C15H25NO5. The average molecular weight is 299 g/mol. The minimum Gasteiger partial charge on any atom is -0.480 e. The van der Waals surface area contributed by atoms with Crippen LogP contribution in [0, 0.1) is 11.8 Å². The Kier molecular flexibility index (Phi) is 7.19. The van der Waals surface area contributed by atoms with Crippen molar-refractivity contribution in [2.75, 3.05) is 6.61 Å². The van der Waals surface area contributed by atoms with Crippen LogP contribution in [0.5, 0.6) is 0 Å². The van der Waals surface area contributed by atoms with Crippen molar-refractivity contribution in [1.82, 2.24) is 5.32 Å². The number of hydrogen-bond acceptors (Lipinski definition) is 4. The molecule has 21 heavy (non-hydrogen) atoms. The zero-order valence-electron chi connectivity index (χ0n) is 12.8. The fourth-order valence-corrected chi connectivity index (χ4v) is 2.76. The van der Waals surface area contributed by atoms with Gasteiger partial charge in [-0.05, 0) is 31.6 Å². The highest BCUT2D eigenvalue weighted by atomic mass is 16.5. The molecule has 0 unspecified atom stereocenters. The average Bonchev–Trinajstić information content (AvgIpc) is 2.88. The Morgan fingerprint density at radius 3 is 2.43 bits per heavy atom. The van der Waals surface area contributed by atoms with Crippen LogP contribution in [0.4, 0.5) is 0 Å². The lowest BCUT2D eigenvalue weighted by Crippen LogP contribution is -2.46. The Labute approximate surface area is 125 Å². The van der Waals surface area contributed by atoms with E-state index in [-0.39, 0.29) is 18.9 Å². The lowest BCUT2D eigenvalue weighted by Gasteiger charge is -2.21. The third-order valence-corrected chi connectivity index (χ3v) is 3.89. The van der Waals surface area contributed by atoms with Gasteiger partial charge in [-0.1, -0.05) is 19.8 Å². The van der Waals surface area contributed by atoms with Gasteiger partial charge in [0.15, 0.2) is 0 Å². The van der Waals surface area contributed by atoms with E-state index in [1.165, 1.54) is 0 Å². The first-order valence-electron chi connectivity index (χ1n) is 7.61. The molecule has 0 bridgehead atoms. The summed E-state index contributed by atoms with van der Waals surface area (Å²) in [4.78, 5) is 34.6. The predicted octanol–water partition coefficient (Wildman–Crippen LogP) is 1.73. The quantitative estimate of drug-likeness (QED) is 0.666.